The van der Waals surface area contributed by atoms with Crippen LogP contribution >= 0.6 is 12.0 Å². The van der Waals surface area contributed by atoms with Gasteiger partial charge >= 0.3 is 6.03 Å². The van der Waals surface area contributed by atoms with Crippen molar-refractivity contribution >= 4 is 29.6 Å². The first-order valence-electron chi connectivity index (χ1n) is 8.07. The molecule has 5 N–H and O–H groups in total. The summed E-state index contributed by atoms with van der Waals surface area (Å²) in [6, 6.07) is 8.76. The molecule has 0 bridgehead atoms. The monoisotopic (exact) mass is 359 g/mol. The van der Waals surface area contributed by atoms with Crippen LogP contribution in [0.4, 0.5) is 16.3 Å². The first kappa shape index (κ1) is 17.5. The van der Waals surface area contributed by atoms with Crippen molar-refractivity contribution in [3.63, 3.8) is 0 Å². The van der Waals surface area contributed by atoms with Crippen LogP contribution in [0.5, 0.6) is 0 Å². The number of urea groups is 1. The fourth-order valence-electron chi connectivity index (χ4n) is 2.47. The highest BCUT2D eigenvalue weighted by Crippen LogP contribution is 2.55. The second kappa shape index (κ2) is 6.89. The Morgan fingerprint density at radius 2 is 1.96 bits per heavy atom. The zero-order valence-electron chi connectivity index (χ0n) is 14.1. The van der Waals surface area contributed by atoms with Crippen molar-refractivity contribution in [2.75, 3.05) is 11.1 Å². The number of anilines is 2. The molecular weight excluding hydrogens is 338 g/mol. The first-order chi connectivity index (χ1) is 11.9. The Labute approximate surface area is 150 Å². The number of hydrogen-bond donors (Lipinski definition) is 4. The van der Waals surface area contributed by atoms with Gasteiger partial charge in [-0.15, -0.1) is 0 Å². The van der Waals surface area contributed by atoms with Gasteiger partial charge in [-0.25, -0.2) is 14.8 Å². The van der Waals surface area contributed by atoms with Gasteiger partial charge < -0.3 is 20.9 Å². The molecule has 25 heavy (non-hydrogen) atoms. The fourth-order valence-corrected chi connectivity index (χ4v) is 2.95. The maximum atomic E-state index is 11.7. The molecule has 0 unspecified atom stereocenters. The molecule has 8 heteroatoms. The predicted molar refractivity (Wildman–Crippen MR) is 100 cm³/mol. The summed E-state index contributed by atoms with van der Waals surface area (Å²) in [7, 11) is 0. The minimum atomic E-state index is -0.345. The normalized spacial score (nSPS) is 15.0. The van der Waals surface area contributed by atoms with Crippen LogP contribution in [0.1, 0.15) is 32.4 Å². The van der Waals surface area contributed by atoms with Crippen molar-refractivity contribution in [3.05, 3.63) is 36.0 Å². The first-order valence-corrected chi connectivity index (χ1v) is 8.85. The van der Waals surface area contributed by atoms with E-state index in [1.807, 2.05) is 26.0 Å². The lowest BCUT2D eigenvalue weighted by molar-refractivity contribution is 0.250. The molecule has 1 aromatic carbocycles. The molecule has 0 spiro atoms. The molecule has 1 aliphatic carbocycles. The molecule has 1 saturated carbocycles. The number of nitrogens with one attached hydrogen (secondary N) is 2. The molecule has 0 saturated heterocycles. The number of rotatable bonds is 5. The molecule has 0 radical (unpaired) electrons. The van der Waals surface area contributed by atoms with Crippen LogP contribution in [-0.4, -0.2) is 26.6 Å². The summed E-state index contributed by atoms with van der Waals surface area (Å²) in [5.41, 5.74) is 8.13. The Morgan fingerprint density at radius 1 is 1.28 bits per heavy atom. The highest BCUT2D eigenvalue weighted by Gasteiger charge is 2.47. The summed E-state index contributed by atoms with van der Waals surface area (Å²) < 4.78 is 9.17. The molecule has 3 rings (SSSR count). The molecule has 1 aliphatic rings. The third-order valence-electron chi connectivity index (χ3n) is 3.91. The average Bonchev–Trinajstić information content (AvgIpc) is 3.35. The minimum Gasteiger partial charge on any atom is -0.384 e. The fraction of sp³-hybridized carbons (Fsp3) is 0.353. The summed E-state index contributed by atoms with van der Waals surface area (Å²) in [4.78, 5) is 20.6. The average molecular weight is 359 g/mol. The number of aromatic nitrogens is 2. The Morgan fingerprint density at radius 3 is 2.52 bits per heavy atom. The molecule has 7 nitrogen and oxygen atoms in total. The van der Waals surface area contributed by atoms with Crippen molar-refractivity contribution < 1.29 is 9.35 Å². The van der Waals surface area contributed by atoms with Gasteiger partial charge in [-0.1, -0.05) is 0 Å². The van der Waals surface area contributed by atoms with Gasteiger partial charge in [0.15, 0.2) is 5.82 Å². The SMILES string of the molecule is CC(C)NC(=O)Nc1ccc(-c2nc(N)cc(C3(SO)CC3)n2)cc1. The maximum Gasteiger partial charge on any atom is 0.319 e. The molecule has 1 aromatic heterocycles. The van der Waals surface area contributed by atoms with E-state index in [1.165, 1.54) is 0 Å². The third-order valence-corrected chi connectivity index (χ3v) is 4.88. The van der Waals surface area contributed by atoms with Crippen molar-refractivity contribution in [1.29, 1.82) is 0 Å². The van der Waals surface area contributed by atoms with Gasteiger partial charge in [0.25, 0.3) is 0 Å². The van der Waals surface area contributed by atoms with E-state index in [0.717, 1.165) is 36.1 Å². The van der Waals surface area contributed by atoms with Crippen molar-refractivity contribution in [1.82, 2.24) is 15.3 Å². The summed E-state index contributed by atoms with van der Waals surface area (Å²) in [5.74, 6) is 0.882. The Bertz CT molecular complexity index is 775. The number of nitrogens with two attached hydrogens (primary N) is 1. The lowest BCUT2D eigenvalue weighted by Crippen LogP contribution is -2.34. The number of benzene rings is 1. The minimum absolute atomic E-state index is 0.0672. The summed E-state index contributed by atoms with van der Waals surface area (Å²) in [6.07, 6.45) is 1.75. The molecule has 2 amide bonds. The smallest absolute Gasteiger partial charge is 0.319 e. The summed E-state index contributed by atoms with van der Waals surface area (Å²) in [5, 5.41) is 5.53. The molecule has 0 atom stereocenters. The highest BCUT2D eigenvalue weighted by molar-refractivity contribution is 7.95. The number of carbonyl (C=O) groups is 1. The van der Waals surface area contributed by atoms with E-state index in [1.54, 1.807) is 18.2 Å². The van der Waals surface area contributed by atoms with E-state index >= 15 is 0 Å². The van der Waals surface area contributed by atoms with Crippen molar-refractivity contribution in [2.45, 2.75) is 37.5 Å². The van der Waals surface area contributed by atoms with Crippen LogP contribution in [-0.2, 0) is 4.75 Å². The van der Waals surface area contributed by atoms with E-state index in [4.69, 9.17) is 5.73 Å². The largest absolute Gasteiger partial charge is 0.384 e. The van der Waals surface area contributed by atoms with Gasteiger partial charge in [0.2, 0.25) is 0 Å². The van der Waals surface area contributed by atoms with Crippen molar-refractivity contribution in [2.24, 2.45) is 0 Å². The van der Waals surface area contributed by atoms with Crippen LogP contribution in [0.3, 0.4) is 0 Å². The zero-order valence-corrected chi connectivity index (χ0v) is 14.9. The van der Waals surface area contributed by atoms with Gasteiger partial charge in [-0.2, -0.15) is 0 Å². The maximum absolute atomic E-state index is 11.7. The van der Waals surface area contributed by atoms with Gasteiger partial charge in [-0.05, 0) is 51.0 Å². The topological polar surface area (TPSA) is 113 Å². The molecule has 132 valence electrons. The van der Waals surface area contributed by atoms with Crippen LogP contribution < -0.4 is 16.4 Å². The van der Waals surface area contributed by atoms with E-state index in [2.05, 4.69) is 20.6 Å². The van der Waals surface area contributed by atoms with Crippen molar-refractivity contribution in [3.8, 4) is 11.4 Å². The second-order valence-corrected chi connectivity index (χ2v) is 7.38. The standard InChI is InChI=1S/C17H21N5O2S/c1-10(2)19-16(23)20-12-5-3-11(4-6-12)15-21-13(9-14(18)22-15)17(25-24)7-8-17/h3-6,9-10,24H,7-8H2,1-2H3,(H2,18,21,22)(H2,19,20,23). The molecule has 1 heterocycles. The summed E-state index contributed by atoms with van der Waals surface area (Å²) >= 11 is 0.818. The van der Waals surface area contributed by atoms with Gasteiger partial charge in [0, 0.05) is 35.4 Å². The number of nitrogen functional groups attached to an aromatic ring is 1. The molecule has 1 fully saturated rings. The van der Waals surface area contributed by atoms with Gasteiger partial charge in [0.05, 0.1) is 10.4 Å². The highest BCUT2D eigenvalue weighted by atomic mass is 32.2. The number of carbonyl (C=O) groups excluding carboxylic acids is 1. The Balaban J connectivity index is 1.79. The lowest BCUT2D eigenvalue weighted by Gasteiger charge is -2.13. The predicted octanol–water partition coefficient (Wildman–Crippen LogP) is 3.45. The second-order valence-electron chi connectivity index (χ2n) is 6.42. The van der Waals surface area contributed by atoms with E-state index in [-0.39, 0.29) is 16.8 Å². The van der Waals surface area contributed by atoms with Crippen LogP contribution in [0.2, 0.25) is 0 Å². The van der Waals surface area contributed by atoms with Gasteiger partial charge in [-0.3, -0.25) is 0 Å². The quantitative estimate of drug-likeness (QED) is 0.608. The number of hydrogen-bond acceptors (Lipinski definition) is 6. The number of nitrogens with zero attached hydrogens (tertiary/aromatic N) is 2. The van der Waals surface area contributed by atoms with Gasteiger partial charge in [0.1, 0.15) is 5.82 Å². The number of amides is 2. The van der Waals surface area contributed by atoms with E-state index in [0.29, 0.717) is 17.3 Å². The lowest BCUT2D eigenvalue weighted by atomic mass is 10.1. The molecule has 2 aromatic rings. The van der Waals surface area contributed by atoms with Crippen LogP contribution in [0, 0.1) is 0 Å². The molecular formula is C17H21N5O2S. The summed E-state index contributed by atoms with van der Waals surface area (Å²) in [6.45, 7) is 3.80. The third kappa shape index (κ3) is 4.02. The Hall–Kier alpha value is -2.32. The molecule has 0 aliphatic heterocycles. The van der Waals surface area contributed by atoms with Crippen LogP contribution in [0.15, 0.2) is 30.3 Å². The van der Waals surface area contributed by atoms with E-state index < -0.39 is 0 Å². The van der Waals surface area contributed by atoms with E-state index in [9.17, 15) is 9.35 Å². The van der Waals surface area contributed by atoms with Crippen LogP contribution in [0.25, 0.3) is 11.4 Å². The Kier molecular flexibility index (Phi) is 4.82. The zero-order chi connectivity index (χ0) is 18.0.